The summed E-state index contributed by atoms with van der Waals surface area (Å²) in [5.74, 6) is 0. The first-order valence-corrected chi connectivity index (χ1v) is 5.45. The number of nitrogens with two attached hydrogens (primary N) is 1. The summed E-state index contributed by atoms with van der Waals surface area (Å²) in [6.45, 7) is 5.25. The first-order chi connectivity index (χ1) is 6.24. The van der Waals surface area contributed by atoms with Crippen LogP contribution in [0.15, 0.2) is 6.20 Å². The largest absolute Gasteiger partial charge is 0.326 e. The molecule has 2 heterocycles. The maximum atomic E-state index is 5.83. The number of aryl methyl sites for hydroxylation is 1. The Morgan fingerprint density at radius 2 is 2.62 bits per heavy atom. The Balaban J connectivity index is 1.91. The van der Waals surface area contributed by atoms with Gasteiger partial charge in [-0.05, 0) is 13.3 Å². The quantitative estimate of drug-likeness (QED) is 0.768. The molecule has 1 aliphatic rings. The Hall–Kier alpha value is -0.450. The zero-order chi connectivity index (χ0) is 9.26. The summed E-state index contributed by atoms with van der Waals surface area (Å²) in [6, 6.07) is 0.383. The number of thiazole rings is 1. The van der Waals surface area contributed by atoms with Crippen molar-refractivity contribution in [2.75, 3.05) is 13.1 Å². The standard InChI is InChI=1S/C9H15N3S/c1-7-11-4-9(13-7)6-12-3-2-8(10)5-12/h4,8H,2-3,5-6,10H2,1H3/t8-/m1/s1. The lowest BCUT2D eigenvalue weighted by molar-refractivity contribution is 0.329. The van der Waals surface area contributed by atoms with Crippen LogP contribution in [0.5, 0.6) is 0 Å². The topological polar surface area (TPSA) is 42.2 Å². The summed E-state index contributed by atoms with van der Waals surface area (Å²) in [5, 5.41) is 1.15. The van der Waals surface area contributed by atoms with Crippen LogP contribution in [0.1, 0.15) is 16.3 Å². The van der Waals surface area contributed by atoms with E-state index in [0.717, 1.165) is 31.1 Å². The highest BCUT2D eigenvalue weighted by Crippen LogP contribution is 2.17. The molecule has 0 spiro atoms. The van der Waals surface area contributed by atoms with Crippen LogP contribution in [0.25, 0.3) is 0 Å². The first kappa shape index (κ1) is 9.12. The van der Waals surface area contributed by atoms with E-state index in [2.05, 4.69) is 9.88 Å². The lowest BCUT2D eigenvalue weighted by Gasteiger charge is -2.12. The molecular weight excluding hydrogens is 182 g/mol. The number of rotatable bonds is 2. The van der Waals surface area contributed by atoms with E-state index in [0.29, 0.717) is 6.04 Å². The van der Waals surface area contributed by atoms with Gasteiger partial charge in [0.05, 0.1) is 5.01 Å². The van der Waals surface area contributed by atoms with Crippen LogP contribution in [-0.2, 0) is 6.54 Å². The SMILES string of the molecule is Cc1ncc(CN2CC[C@@H](N)C2)s1. The van der Waals surface area contributed by atoms with Crippen molar-refractivity contribution in [1.82, 2.24) is 9.88 Å². The van der Waals surface area contributed by atoms with E-state index in [-0.39, 0.29) is 0 Å². The van der Waals surface area contributed by atoms with Gasteiger partial charge in [-0.1, -0.05) is 0 Å². The highest BCUT2D eigenvalue weighted by atomic mass is 32.1. The van der Waals surface area contributed by atoms with Gasteiger partial charge in [-0.3, -0.25) is 4.90 Å². The van der Waals surface area contributed by atoms with Gasteiger partial charge < -0.3 is 5.73 Å². The van der Waals surface area contributed by atoms with Crippen molar-refractivity contribution in [3.63, 3.8) is 0 Å². The molecule has 0 saturated carbocycles. The van der Waals surface area contributed by atoms with E-state index in [9.17, 15) is 0 Å². The molecule has 0 unspecified atom stereocenters. The zero-order valence-corrected chi connectivity index (χ0v) is 8.68. The second kappa shape index (κ2) is 3.74. The molecule has 1 atom stereocenters. The van der Waals surface area contributed by atoms with Crippen LogP contribution in [0, 0.1) is 6.92 Å². The number of likely N-dealkylation sites (tertiary alicyclic amines) is 1. The number of nitrogens with zero attached hydrogens (tertiary/aromatic N) is 2. The first-order valence-electron chi connectivity index (χ1n) is 4.63. The molecule has 1 fully saturated rings. The van der Waals surface area contributed by atoms with E-state index in [1.54, 1.807) is 11.3 Å². The highest BCUT2D eigenvalue weighted by molar-refractivity contribution is 7.11. The number of aromatic nitrogens is 1. The van der Waals surface area contributed by atoms with Crippen LogP contribution < -0.4 is 5.73 Å². The van der Waals surface area contributed by atoms with Crippen LogP contribution in [-0.4, -0.2) is 29.0 Å². The maximum Gasteiger partial charge on any atom is 0.0897 e. The van der Waals surface area contributed by atoms with Crippen molar-refractivity contribution in [1.29, 1.82) is 0 Å². The maximum absolute atomic E-state index is 5.83. The van der Waals surface area contributed by atoms with E-state index in [1.165, 1.54) is 4.88 Å². The van der Waals surface area contributed by atoms with Crippen LogP contribution in [0.2, 0.25) is 0 Å². The molecule has 72 valence electrons. The zero-order valence-electron chi connectivity index (χ0n) is 7.86. The normalized spacial score (nSPS) is 24.0. The molecule has 0 aliphatic carbocycles. The van der Waals surface area contributed by atoms with Gasteiger partial charge >= 0.3 is 0 Å². The predicted octanol–water partition coefficient (Wildman–Crippen LogP) is 0.985. The molecule has 0 radical (unpaired) electrons. The molecule has 0 aromatic carbocycles. The Bertz CT molecular complexity index is 284. The summed E-state index contributed by atoms with van der Waals surface area (Å²) in [6.07, 6.45) is 3.11. The Morgan fingerprint density at radius 1 is 1.77 bits per heavy atom. The van der Waals surface area contributed by atoms with Crippen molar-refractivity contribution >= 4 is 11.3 Å². The number of hydrogen-bond donors (Lipinski definition) is 1. The fourth-order valence-electron chi connectivity index (χ4n) is 1.71. The molecule has 4 heteroatoms. The van der Waals surface area contributed by atoms with E-state index < -0.39 is 0 Å². The minimum atomic E-state index is 0.383. The third-order valence-corrected chi connectivity index (χ3v) is 3.25. The van der Waals surface area contributed by atoms with Crippen LogP contribution in [0.3, 0.4) is 0 Å². The second-order valence-corrected chi connectivity index (χ2v) is 4.95. The molecule has 13 heavy (non-hydrogen) atoms. The highest BCUT2D eigenvalue weighted by Gasteiger charge is 2.19. The predicted molar refractivity (Wildman–Crippen MR) is 54.7 cm³/mol. The van der Waals surface area contributed by atoms with Gasteiger partial charge in [-0.25, -0.2) is 4.98 Å². The molecule has 0 bridgehead atoms. The average Bonchev–Trinajstić information content (AvgIpc) is 2.62. The molecule has 1 aromatic rings. The molecule has 2 rings (SSSR count). The second-order valence-electron chi connectivity index (χ2n) is 3.63. The molecule has 3 nitrogen and oxygen atoms in total. The van der Waals surface area contributed by atoms with Crippen LogP contribution >= 0.6 is 11.3 Å². The lowest BCUT2D eigenvalue weighted by atomic mass is 10.3. The third-order valence-electron chi connectivity index (χ3n) is 2.36. The van der Waals surface area contributed by atoms with Gasteiger partial charge in [0, 0.05) is 36.8 Å². The van der Waals surface area contributed by atoms with Crippen molar-refractivity contribution in [2.45, 2.75) is 25.9 Å². The minimum Gasteiger partial charge on any atom is -0.326 e. The Labute approximate surface area is 82.6 Å². The third kappa shape index (κ3) is 2.27. The average molecular weight is 197 g/mol. The molecule has 1 aromatic heterocycles. The fraction of sp³-hybridized carbons (Fsp3) is 0.667. The summed E-state index contributed by atoms with van der Waals surface area (Å²) < 4.78 is 0. The summed E-state index contributed by atoms with van der Waals surface area (Å²) in [4.78, 5) is 7.99. The summed E-state index contributed by atoms with van der Waals surface area (Å²) >= 11 is 1.78. The van der Waals surface area contributed by atoms with Gasteiger partial charge in [0.25, 0.3) is 0 Å². The van der Waals surface area contributed by atoms with E-state index in [4.69, 9.17) is 5.73 Å². The van der Waals surface area contributed by atoms with Gasteiger partial charge in [0.1, 0.15) is 0 Å². The Morgan fingerprint density at radius 3 is 3.15 bits per heavy atom. The van der Waals surface area contributed by atoms with E-state index in [1.807, 2.05) is 13.1 Å². The molecule has 2 N–H and O–H groups in total. The smallest absolute Gasteiger partial charge is 0.0897 e. The van der Waals surface area contributed by atoms with Crippen molar-refractivity contribution < 1.29 is 0 Å². The molecular formula is C9H15N3S. The molecule has 0 amide bonds. The summed E-state index contributed by atoms with van der Waals surface area (Å²) in [7, 11) is 0. The fourth-order valence-corrected chi connectivity index (χ4v) is 2.54. The lowest BCUT2D eigenvalue weighted by Crippen LogP contribution is -2.25. The Kier molecular flexibility index (Phi) is 2.62. The van der Waals surface area contributed by atoms with Gasteiger partial charge in [0.15, 0.2) is 0 Å². The monoisotopic (exact) mass is 197 g/mol. The van der Waals surface area contributed by atoms with E-state index >= 15 is 0 Å². The molecule has 1 saturated heterocycles. The number of hydrogen-bond acceptors (Lipinski definition) is 4. The van der Waals surface area contributed by atoms with Gasteiger partial charge in [-0.2, -0.15) is 0 Å². The van der Waals surface area contributed by atoms with Crippen molar-refractivity contribution in [3.8, 4) is 0 Å². The van der Waals surface area contributed by atoms with Gasteiger partial charge in [-0.15, -0.1) is 11.3 Å². The minimum absolute atomic E-state index is 0.383. The summed E-state index contributed by atoms with van der Waals surface area (Å²) in [5.41, 5.74) is 5.83. The van der Waals surface area contributed by atoms with Crippen molar-refractivity contribution in [3.05, 3.63) is 16.1 Å². The van der Waals surface area contributed by atoms with Crippen molar-refractivity contribution in [2.24, 2.45) is 5.73 Å². The molecule has 1 aliphatic heterocycles. The van der Waals surface area contributed by atoms with Crippen LogP contribution in [0.4, 0.5) is 0 Å². The van der Waals surface area contributed by atoms with Gasteiger partial charge in [0.2, 0.25) is 0 Å².